The Balaban J connectivity index is 1.47. The van der Waals surface area contributed by atoms with Gasteiger partial charge in [0.15, 0.2) is 0 Å². The van der Waals surface area contributed by atoms with Gasteiger partial charge in [-0.15, -0.1) is 0 Å². The number of anilines is 2. The van der Waals surface area contributed by atoms with Crippen LogP contribution in [0.4, 0.5) is 25.0 Å². The number of carbonyl (C=O) groups is 1. The molecule has 0 saturated heterocycles. The standard InChI is InChI=1S/C22H16F2N4O/c23-15-9-16(24)11-19(10-15)28-22(29)27-18-5-4-14-13-26-21(20(14)12-18)7-6-17-3-1-2-8-25-17/h1-12H,13H2,(H2,27,28,29)/b7-6+. The first-order valence-electron chi connectivity index (χ1n) is 8.88. The minimum Gasteiger partial charge on any atom is -0.308 e. The van der Waals surface area contributed by atoms with Crippen molar-refractivity contribution in [2.75, 3.05) is 10.6 Å². The molecule has 3 aromatic rings. The van der Waals surface area contributed by atoms with Gasteiger partial charge in [0.1, 0.15) is 11.6 Å². The molecule has 0 saturated carbocycles. The van der Waals surface area contributed by atoms with Crippen LogP contribution in [0.25, 0.3) is 6.08 Å². The van der Waals surface area contributed by atoms with Gasteiger partial charge in [-0.25, -0.2) is 13.6 Å². The molecule has 0 aliphatic carbocycles. The third-order valence-electron chi connectivity index (χ3n) is 4.28. The maximum Gasteiger partial charge on any atom is 0.323 e. The number of benzene rings is 2. The lowest BCUT2D eigenvalue weighted by Crippen LogP contribution is -2.19. The molecule has 0 bridgehead atoms. The van der Waals surface area contributed by atoms with E-state index in [0.717, 1.165) is 40.7 Å². The maximum absolute atomic E-state index is 13.3. The van der Waals surface area contributed by atoms with Crippen molar-refractivity contribution in [1.29, 1.82) is 0 Å². The van der Waals surface area contributed by atoms with Crippen LogP contribution >= 0.6 is 0 Å². The number of nitrogens with zero attached hydrogens (tertiary/aromatic N) is 2. The largest absolute Gasteiger partial charge is 0.323 e. The molecule has 0 unspecified atom stereocenters. The van der Waals surface area contributed by atoms with Crippen molar-refractivity contribution < 1.29 is 13.6 Å². The summed E-state index contributed by atoms with van der Waals surface area (Å²) in [5, 5.41) is 5.08. The number of pyridine rings is 1. The van der Waals surface area contributed by atoms with E-state index in [4.69, 9.17) is 0 Å². The van der Waals surface area contributed by atoms with Crippen molar-refractivity contribution in [1.82, 2.24) is 4.98 Å². The highest BCUT2D eigenvalue weighted by molar-refractivity contribution is 6.13. The van der Waals surface area contributed by atoms with E-state index in [-0.39, 0.29) is 5.69 Å². The van der Waals surface area contributed by atoms with Crippen LogP contribution in [0.5, 0.6) is 0 Å². The number of halogens is 2. The highest BCUT2D eigenvalue weighted by Gasteiger charge is 2.15. The number of fused-ring (bicyclic) bond motifs is 1. The van der Waals surface area contributed by atoms with E-state index in [1.54, 1.807) is 12.3 Å². The van der Waals surface area contributed by atoms with Gasteiger partial charge in [-0.2, -0.15) is 0 Å². The van der Waals surface area contributed by atoms with Gasteiger partial charge >= 0.3 is 6.03 Å². The van der Waals surface area contributed by atoms with Crippen molar-refractivity contribution in [3.8, 4) is 0 Å². The van der Waals surface area contributed by atoms with Gasteiger partial charge in [0.05, 0.1) is 18.0 Å². The van der Waals surface area contributed by atoms with Crippen LogP contribution < -0.4 is 10.6 Å². The fourth-order valence-electron chi connectivity index (χ4n) is 2.99. The molecule has 1 aliphatic rings. The van der Waals surface area contributed by atoms with Crippen LogP contribution in [-0.2, 0) is 6.54 Å². The third kappa shape index (κ3) is 4.52. The summed E-state index contributed by atoms with van der Waals surface area (Å²) in [6, 6.07) is 13.3. The quantitative estimate of drug-likeness (QED) is 0.657. The van der Waals surface area contributed by atoms with Gasteiger partial charge in [0.25, 0.3) is 0 Å². The summed E-state index contributed by atoms with van der Waals surface area (Å²) in [7, 11) is 0. The molecule has 1 aliphatic heterocycles. The first-order chi connectivity index (χ1) is 14.1. The van der Waals surface area contributed by atoms with Crippen LogP contribution in [0.1, 0.15) is 16.8 Å². The van der Waals surface area contributed by atoms with E-state index in [2.05, 4.69) is 20.6 Å². The predicted molar refractivity (Wildman–Crippen MR) is 109 cm³/mol. The Kier molecular flexibility index (Phi) is 5.11. The Morgan fingerprint density at radius 3 is 2.48 bits per heavy atom. The molecule has 7 heteroatoms. The van der Waals surface area contributed by atoms with E-state index >= 15 is 0 Å². The number of amides is 2. The lowest BCUT2D eigenvalue weighted by molar-refractivity contribution is 0.262. The number of carbonyl (C=O) groups excluding carboxylic acids is 1. The van der Waals surface area contributed by atoms with E-state index in [0.29, 0.717) is 12.2 Å². The topological polar surface area (TPSA) is 66.4 Å². The average molecular weight is 390 g/mol. The van der Waals surface area contributed by atoms with Crippen LogP contribution in [0.3, 0.4) is 0 Å². The zero-order valence-corrected chi connectivity index (χ0v) is 15.2. The number of hydrogen-bond acceptors (Lipinski definition) is 3. The maximum atomic E-state index is 13.3. The van der Waals surface area contributed by atoms with Crippen molar-refractivity contribution >= 4 is 29.2 Å². The molecule has 144 valence electrons. The minimum atomic E-state index is -0.765. The number of urea groups is 1. The summed E-state index contributed by atoms with van der Waals surface area (Å²) in [6.07, 6.45) is 5.47. The molecular formula is C22H16F2N4O. The fraction of sp³-hybridized carbons (Fsp3) is 0.0455. The van der Waals surface area contributed by atoms with Gasteiger partial charge in [0, 0.05) is 29.2 Å². The van der Waals surface area contributed by atoms with Gasteiger partial charge in [0.2, 0.25) is 0 Å². The molecule has 2 aromatic carbocycles. The second-order valence-corrected chi connectivity index (χ2v) is 6.40. The Bertz CT molecular complexity index is 1110. The molecule has 0 atom stereocenters. The highest BCUT2D eigenvalue weighted by atomic mass is 19.1. The fourth-order valence-corrected chi connectivity index (χ4v) is 2.99. The zero-order chi connectivity index (χ0) is 20.2. The van der Waals surface area contributed by atoms with Gasteiger partial charge in [-0.3, -0.25) is 9.98 Å². The molecule has 0 fully saturated rings. The number of aromatic nitrogens is 1. The van der Waals surface area contributed by atoms with Gasteiger partial charge in [-0.05, 0) is 54.1 Å². The molecular weight excluding hydrogens is 374 g/mol. The molecule has 4 rings (SSSR count). The van der Waals surface area contributed by atoms with Crippen LogP contribution in [0, 0.1) is 11.6 Å². The molecule has 2 N–H and O–H groups in total. The SMILES string of the molecule is O=C(Nc1cc(F)cc(F)c1)Nc1ccc2c(c1)C(/C=C/c1ccccn1)=NC2. The molecule has 0 radical (unpaired) electrons. The monoisotopic (exact) mass is 390 g/mol. The van der Waals surface area contributed by atoms with E-state index in [1.165, 1.54) is 0 Å². The number of rotatable bonds is 4. The first kappa shape index (κ1) is 18.5. The van der Waals surface area contributed by atoms with Gasteiger partial charge < -0.3 is 10.6 Å². The lowest BCUT2D eigenvalue weighted by atomic mass is 10.0. The summed E-state index contributed by atoms with van der Waals surface area (Å²) in [5.74, 6) is -1.53. The summed E-state index contributed by atoms with van der Waals surface area (Å²) in [5.41, 5.74) is 4.14. The Morgan fingerprint density at radius 2 is 1.72 bits per heavy atom. The number of hydrogen-bond donors (Lipinski definition) is 2. The lowest BCUT2D eigenvalue weighted by Gasteiger charge is -2.09. The van der Waals surface area contributed by atoms with Crippen LogP contribution in [0.2, 0.25) is 0 Å². The molecule has 0 spiro atoms. The molecule has 2 amide bonds. The van der Waals surface area contributed by atoms with Crippen molar-refractivity contribution in [3.05, 3.63) is 95.3 Å². The minimum absolute atomic E-state index is 0.0294. The zero-order valence-electron chi connectivity index (χ0n) is 15.2. The summed E-state index contributed by atoms with van der Waals surface area (Å²) in [6.45, 7) is 0.562. The van der Waals surface area contributed by atoms with Crippen LogP contribution in [0.15, 0.2) is 71.9 Å². The number of aliphatic imine (C=N–C) groups is 1. The number of allylic oxidation sites excluding steroid dienone is 1. The second kappa shape index (κ2) is 8.02. The highest BCUT2D eigenvalue weighted by Crippen LogP contribution is 2.24. The van der Waals surface area contributed by atoms with Gasteiger partial charge in [-0.1, -0.05) is 12.1 Å². The van der Waals surface area contributed by atoms with E-state index in [9.17, 15) is 13.6 Å². The Morgan fingerprint density at radius 1 is 0.931 bits per heavy atom. The number of nitrogens with one attached hydrogen (secondary N) is 2. The summed E-state index contributed by atoms with van der Waals surface area (Å²) < 4.78 is 26.5. The van der Waals surface area contributed by atoms with Crippen molar-refractivity contribution in [3.63, 3.8) is 0 Å². The smallest absolute Gasteiger partial charge is 0.308 e. The van der Waals surface area contributed by atoms with Crippen molar-refractivity contribution in [2.45, 2.75) is 6.54 Å². The van der Waals surface area contributed by atoms with Crippen LogP contribution in [-0.4, -0.2) is 16.7 Å². The van der Waals surface area contributed by atoms with E-state index < -0.39 is 17.7 Å². The Hall–Kier alpha value is -3.87. The second-order valence-electron chi connectivity index (χ2n) is 6.40. The molecule has 5 nitrogen and oxygen atoms in total. The average Bonchev–Trinajstić information content (AvgIpc) is 3.08. The van der Waals surface area contributed by atoms with Crippen molar-refractivity contribution in [2.24, 2.45) is 4.99 Å². The molecule has 2 heterocycles. The summed E-state index contributed by atoms with van der Waals surface area (Å²) >= 11 is 0. The van der Waals surface area contributed by atoms with E-state index in [1.807, 2.05) is 42.5 Å². The predicted octanol–water partition coefficient (Wildman–Crippen LogP) is 5.02. The normalized spacial score (nSPS) is 12.6. The first-order valence-corrected chi connectivity index (χ1v) is 8.88. The summed E-state index contributed by atoms with van der Waals surface area (Å²) in [4.78, 5) is 20.9. The Labute approximate surface area is 165 Å². The molecule has 29 heavy (non-hydrogen) atoms. The molecule has 1 aromatic heterocycles. The third-order valence-corrected chi connectivity index (χ3v) is 4.28.